The normalized spacial score (nSPS) is 25.1. The summed E-state index contributed by atoms with van der Waals surface area (Å²) in [7, 11) is 2.06. The summed E-state index contributed by atoms with van der Waals surface area (Å²) in [6.07, 6.45) is 1.24. The average Bonchev–Trinajstić information content (AvgIpc) is 1.94. The van der Waals surface area contributed by atoms with E-state index in [0.717, 1.165) is 19.8 Å². The third-order valence-corrected chi connectivity index (χ3v) is 1.32. The fraction of sp³-hybridized carbons (Fsp3) is 1.00. The summed E-state index contributed by atoms with van der Waals surface area (Å²) >= 11 is 0. The van der Waals surface area contributed by atoms with Gasteiger partial charge in [-0.2, -0.15) is 0 Å². The van der Waals surface area contributed by atoms with Crippen molar-refractivity contribution in [3.05, 3.63) is 0 Å². The number of hydrogen-bond acceptors (Lipinski definition) is 3. The van der Waals surface area contributed by atoms with Crippen molar-refractivity contribution in [2.75, 3.05) is 26.8 Å². The van der Waals surface area contributed by atoms with Gasteiger partial charge in [-0.15, -0.1) is 0 Å². The highest BCUT2D eigenvalue weighted by atomic mass is 15.5. The Balaban J connectivity index is 2.17. The highest BCUT2D eigenvalue weighted by Gasteiger charge is 1.99. The van der Waals surface area contributed by atoms with E-state index in [9.17, 15) is 0 Å². The zero-order valence-electron chi connectivity index (χ0n) is 5.28. The molecule has 0 spiro atoms. The van der Waals surface area contributed by atoms with Crippen LogP contribution in [0.4, 0.5) is 0 Å². The molecule has 2 N–H and O–H groups in total. The molecule has 8 heavy (non-hydrogen) atoms. The Hall–Kier alpha value is -0.120. The van der Waals surface area contributed by atoms with Gasteiger partial charge >= 0.3 is 0 Å². The molecule has 0 radical (unpaired) electrons. The molecule has 0 atom stereocenters. The standard InChI is InChI=1S/C5H13N3/c1-8-4-2-3-6-5-7-8/h6-7H,2-5H2,1H3. The lowest BCUT2D eigenvalue weighted by atomic mass is 10.4. The Morgan fingerprint density at radius 3 is 3.25 bits per heavy atom. The summed E-state index contributed by atoms with van der Waals surface area (Å²) in [4.78, 5) is 0. The van der Waals surface area contributed by atoms with E-state index in [1.807, 2.05) is 0 Å². The molecule has 0 aromatic heterocycles. The molecule has 0 unspecified atom stereocenters. The molecule has 3 nitrogen and oxygen atoms in total. The lowest BCUT2D eigenvalue weighted by molar-refractivity contribution is 0.250. The second kappa shape index (κ2) is 3.02. The van der Waals surface area contributed by atoms with Crippen molar-refractivity contribution in [2.24, 2.45) is 0 Å². The summed E-state index contributed by atoms with van der Waals surface area (Å²) in [6.45, 7) is 3.20. The molecule has 0 aliphatic carbocycles. The van der Waals surface area contributed by atoms with Gasteiger partial charge in [-0.25, -0.2) is 10.4 Å². The van der Waals surface area contributed by atoms with Gasteiger partial charge < -0.3 is 5.32 Å². The van der Waals surface area contributed by atoms with Crippen LogP contribution in [0.25, 0.3) is 0 Å². The SMILES string of the molecule is CN1CCCNCN1. The summed E-state index contributed by atoms with van der Waals surface area (Å²) in [5, 5.41) is 5.34. The third kappa shape index (κ3) is 1.78. The first-order chi connectivity index (χ1) is 3.89. The molecule has 1 rings (SSSR count). The second-order valence-electron chi connectivity index (χ2n) is 2.11. The van der Waals surface area contributed by atoms with Crippen LogP contribution in [0.2, 0.25) is 0 Å². The Bertz CT molecular complexity index is 56.7. The van der Waals surface area contributed by atoms with E-state index in [0.29, 0.717) is 0 Å². The van der Waals surface area contributed by atoms with Gasteiger partial charge in [0.25, 0.3) is 0 Å². The number of nitrogens with one attached hydrogen (secondary N) is 2. The summed E-state index contributed by atoms with van der Waals surface area (Å²) in [5.74, 6) is 0. The smallest absolute Gasteiger partial charge is 0.0592 e. The third-order valence-electron chi connectivity index (χ3n) is 1.32. The maximum Gasteiger partial charge on any atom is 0.0592 e. The number of hydrogen-bond donors (Lipinski definition) is 2. The largest absolute Gasteiger partial charge is 0.303 e. The van der Waals surface area contributed by atoms with Crippen molar-refractivity contribution >= 4 is 0 Å². The van der Waals surface area contributed by atoms with Gasteiger partial charge in [0, 0.05) is 13.6 Å². The van der Waals surface area contributed by atoms with E-state index in [2.05, 4.69) is 22.8 Å². The molecule has 1 heterocycles. The van der Waals surface area contributed by atoms with E-state index in [4.69, 9.17) is 0 Å². The summed E-state index contributed by atoms with van der Waals surface area (Å²) in [5.41, 5.74) is 3.17. The Kier molecular flexibility index (Phi) is 2.27. The molecule has 48 valence electrons. The van der Waals surface area contributed by atoms with Gasteiger partial charge in [-0.05, 0) is 13.0 Å². The maximum atomic E-state index is 3.22. The molecule has 0 saturated carbocycles. The summed E-state index contributed by atoms with van der Waals surface area (Å²) < 4.78 is 0. The molecular weight excluding hydrogens is 102 g/mol. The average molecular weight is 115 g/mol. The monoisotopic (exact) mass is 115 g/mol. The van der Waals surface area contributed by atoms with Crippen LogP contribution in [0.15, 0.2) is 0 Å². The van der Waals surface area contributed by atoms with Gasteiger partial charge in [-0.1, -0.05) is 0 Å². The molecule has 1 fully saturated rings. The number of hydrazine groups is 1. The van der Waals surface area contributed by atoms with Gasteiger partial charge in [-0.3, -0.25) is 0 Å². The van der Waals surface area contributed by atoms with Crippen molar-refractivity contribution in [1.82, 2.24) is 15.8 Å². The van der Waals surface area contributed by atoms with Crippen LogP contribution >= 0.6 is 0 Å². The second-order valence-corrected chi connectivity index (χ2v) is 2.11. The van der Waals surface area contributed by atoms with Crippen molar-refractivity contribution in [3.63, 3.8) is 0 Å². The van der Waals surface area contributed by atoms with Crippen LogP contribution in [-0.4, -0.2) is 31.8 Å². The highest BCUT2D eigenvalue weighted by molar-refractivity contribution is 4.53. The van der Waals surface area contributed by atoms with Gasteiger partial charge in [0.1, 0.15) is 0 Å². The maximum absolute atomic E-state index is 3.22. The quantitative estimate of drug-likeness (QED) is 0.440. The first kappa shape index (κ1) is 6.01. The fourth-order valence-corrected chi connectivity index (χ4v) is 0.800. The molecule has 1 aliphatic rings. The Morgan fingerprint density at radius 2 is 2.38 bits per heavy atom. The van der Waals surface area contributed by atoms with Crippen molar-refractivity contribution in [2.45, 2.75) is 6.42 Å². The molecule has 0 aromatic carbocycles. The lowest BCUT2D eigenvalue weighted by Gasteiger charge is -2.12. The zero-order valence-corrected chi connectivity index (χ0v) is 5.28. The van der Waals surface area contributed by atoms with Crippen LogP contribution in [-0.2, 0) is 0 Å². The van der Waals surface area contributed by atoms with Crippen molar-refractivity contribution in [3.8, 4) is 0 Å². The van der Waals surface area contributed by atoms with E-state index >= 15 is 0 Å². The van der Waals surface area contributed by atoms with Crippen LogP contribution in [0, 0.1) is 0 Å². The first-order valence-corrected chi connectivity index (χ1v) is 3.05. The molecule has 1 aliphatic heterocycles. The predicted molar refractivity (Wildman–Crippen MR) is 33.3 cm³/mol. The van der Waals surface area contributed by atoms with E-state index in [-0.39, 0.29) is 0 Å². The fourth-order valence-electron chi connectivity index (χ4n) is 0.800. The first-order valence-electron chi connectivity index (χ1n) is 3.05. The molecule has 0 amide bonds. The minimum absolute atomic E-state index is 0.913. The molecule has 0 aromatic rings. The van der Waals surface area contributed by atoms with Crippen LogP contribution in [0.5, 0.6) is 0 Å². The number of nitrogens with zero attached hydrogens (tertiary/aromatic N) is 1. The minimum atomic E-state index is 0.913. The topological polar surface area (TPSA) is 27.3 Å². The number of rotatable bonds is 0. The van der Waals surface area contributed by atoms with Gasteiger partial charge in [0.2, 0.25) is 0 Å². The summed E-state index contributed by atoms with van der Waals surface area (Å²) in [6, 6.07) is 0. The Labute approximate surface area is 50.0 Å². The molecule has 3 heteroatoms. The van der Waals surface area contributed by atoms with Crippen LogP contribution in [0.1, 0.15) is 6.42 Å². The van der Waals surface area contributed by atoms with Crippen LogP contribution in [0.3, 0.4) is 0 Å². The molecule has 1 saturated heterocycles. The zero-order chi connectivity index (χ0) is 5.82. The Morgan fingerprint density at radius 1 is 1.50 bits per heavy atom. The van der Waals surface area contributed by atoms with E-state index in [1.165, 1.54) is 6.42 Å². The van der Waals surface area contributed by atoms with Crippen molar-refractivity contribution in [1.29, 1.82) is 0 Å². The predicted octanol–water partition coefficient (Wildman–Crippen LogP) is -0.626. The van der Waals surface area contributed by atoms with E-state index in [1.54, 1.807) is 0 Å². The van der Waals surface area contributed by atoms with E-state index < -0.39 is 0 Å². The molecule has 0 bridgehead atoms. The minimum Gasteiger partial charge on any atom is -0.303 e. The van der Waals surface area contributed by atoms with Gasteiger partial charge in [0.05, 0.1) is 6.67 Å². The molecular formula is C5H13N3. The van der Waals surface area contributed by atoms with Gasteiger partial charge in [0.15, 0.2) is 0 Å². The van der Waals surface area contributed by atoms with Crippen LogP contribution < -0.4 is 10.7 Å². The lowest BCUT2D eigenvalue weighted by Crippen LogP contribution is -2.37. The highest BCUT2D eigenvalue weighted by Crippen LogP contribution is 1.83. The van der Waals surface area contributed by atoms with Crippen molar-refractivity contribution < 1.29 is 0 Å².